The second-order valence-electron chi connectivity index (χ2n) is 4.45. The van der Waals surface area contributed by atoms with Crippen LogP contribution in [0.5, 0.6) is 5.75 Å². The lowest BCUT2D eigenvalue weighted by Crippen LogP contribution is -1.87. The average molecular weight is 265 g/mol. The van der Waals surface area contributed by atoms with Gasteiger partial charge in [-0.3, -0.25) is 4.98 Å². The number of rotatable bonds is 4. The number of hydrogen-bond acceptors (Lipinski definition) is 3. The summed E-state index contributed by atoms with van der Waals surface area (Å²) in [5, 5.41) is 0. The number of methoxy groups -OCH3 is 1. The number of aromatic amines is 1. The molecule has 0 amide bonds. The maximum Gasteiger partial charge on any atom is 0.156 e. The number of ether oxygens (including phenoxy) is 1. The van der Waals surface area contributed by atoms with Crippen LogP contribution >= 0.6 is 0 Å². The van der Waals surface area contributed by atoms with Crippen LogP contribution in [-0.4, -0.2) is 22.1 Å². The predicted octanol–water partition coefficient (Wildman–Crippen LogP) is 3.36. The summed E-state index contributed by atoms with van der Waals surface area (Å²) >= 11 is 0. The Kier molecular flexibility index (Phi) is 3.21. The Hall–Kier alpha value is -2.62. The van der Waals surface area contributed by atoms with Crippen molar-refractivity contribution in [2.24, 2.45) is 0 Å². The first kappa shape index (κ1) is 12.4. The van der Waals surface area contributed by atoms with Crippen LogP contribution in [0.1, 0.15) is 5.56 Å². The second-order valence-corrected chi connectivity index (χ2v) is 4.45. The van der Waals surface area contributed by atoms with Crippen molar-refractivity contribution in [3.05, 3.63) is 54.9 Å². The van der Waals surface area contributed by atoms with Gasteiger partial charge in [-0.2, -0.15) is 0 Å². The SMILES string of the molecule is C=CCc1c(-c2ccc(OC)cc2)[nH]c2nccnc12. The number of nitrogens with one attached hydrogen (secondary N) is 1. The Morgan fingerprint density at radius 2 is 1.95 bits per heavy atom. The van der Waals surface area contributed by atoms with Gasteiger partial charge in [-0.25, -0.2) is 4.98 Å². The fourth-order valence-electron chi connectivity index (χ4n) is 2.31. The standard InChI is InChI=1S/C16H15N3O/c1-3-4-13-14(11-5-7-12(20-2)8-6-11)19-16-15(13)17-9-10-18-16/h3,5-10H,1,4H2,2H3,(H,18,19). The summed E-state index contributed by atoms with van der Waals surface area (Å²) < 4.78 is 5.19. The van der Waals surface area contributed by atoms with E-state index in [9.17, 15) is 0 Å². The van der Waals surface area contributed by atoms with Crippen molar-refractivity contribution in [2.45, 2.75) is 6.42 Å². The zero-order valence-corrected chi connectivity index (χ0v) is 11.3. The van der Waals surface area contributed by atoms with E-state index in [1.807, 2.05) is 30.3 Å². The maximum atomic E-state index is 5.19. The minimum Gasteiger partial charge on any atom is -0.497 e. The lowest BCUT2D eigenvalue weighted by atomic mass is 10.1. The molecule has 2 heterocycles. The lowest BCUT2D eigenvalue weighted by Gasteiger charge is -2.04. The van der Waals surface area contributed by atoms with E-state index < -0.39 is 0 Å². The number of aromatic nitrogens is 3. The summed E-state index contributed by atoms with van der Waals surface area (Å²) in [6.07, 6.45) is 6.03. The molecule has 0 saturated carbocycles. The quantitative estimate of drug-likeness (QED) is 0.736. The van der Waals surface area contributed by atoms with Gasteiger partial charge in [0, 0.05) is 18.0 Å². The highest BCUT2D eigenvalue weighted by Crippen LogP contribution is 2.29. The highest BCUT2D eigenvalue weighted by molar-refractivity contribution is 5.85. The van der Waals surface area contributed by atoms with E-state index in [4.69, 9.17) is 4.74 Å². The number of allylic oxidation sites excluding steroid dienone is 1. The van der Waals surface area contributed by atoms with Crippen molar-refractivity contribution in [2.75, 3.05) is 7.11 Å². The van der Waals surface area contributed by atoms with Gasteiger partial charge in [-0.15, -0.1) is 6.58 Å². The van der Waals surface area contributed by atoms with Crippen molar-refractivity contribution in [3.63, 3.8) is 0 Å². The van der Waals surface area contributed by atoms with Crippen molar-refractivity contribution in [1.82, 2.24) is 15.0 Å². The molecule has 0 spiro atoms. The van der Waals surface area contributed by atoms with Crippen molar-refractivity contribution >= 4 is 11.2 Å². The van der Waals surface area contributed by atoms with E-state index in [2.05, 4.69) is 21.5 Å². The average Bonchev–Trinajstić information content (AvgIpc) is 2.87. The molecule has 3 rings (SSSR count). The molecule has 0 radical (unpaired) electrons. The van der Waals surface area contributed by atoms with Gasteiger partial charge in [0.15, 0.2) is 5.65 Å². The van der Waals surface area contributed by atoms with Gasteiger partial charge in [0.05, 0.1) is 12.8 Å². The fourth-order valence-corrected chi connectivity index (χ4v) is 2.31. The molecule has 0 bridgehead atoms. The first-order valence-electron chi connectivity index (χ1n) is 6.40. The minimum atomic E-state index is 0.750. The molecule has 0 unspecified atom stereocenters. The van der Waals surface area contributed by atoms with E-state index >= 15 is 0 Å². The molecule has 4 nitrogen and oxygen atoms in total. The third kappa shape index (κ3) is 2.05. The molecule has 0 aliphatic heterocycles. The Balaban J connectivity index is 2.18. The van der Waals surface area contributed by atoms with Crippen molar-refractivity contribution < 1.29 is 4.74 Å². The molecule has 0 atom stereocenters. The number of benzene rings is 1. The molecule has 0 saturated heterocycles. The predicted molar refractivity (Wildman–Crippen MR) is 79.8 cm³/mol. The zero-order chi connectivity index (χ0) is 13.9. The molecule has 0 aliphatic rings. The van der Waals surface area contributed by atoms with E-state index in [1.54, 1.807) is 19.5 Å². The van der Waals surface area contributed by atoms with E-state index in [0.29, 0.717) is 0 Å². The molecule has 20 heavy (non-hydrogen) atoms. The van der Waals surface area contributed by atoms with Gasteiger partial charge in [-0.1, -0.05) is 6.08 Å². The second kappa shape index (κ2) is 5.17. The highest BCUT2D eigenvalue weighted by Gasteiger charge is 2.13. The molecule has 1 N–H and O–H groups in total. The third-order valence-electron chi connectivity index (χ3n) is 3.26. The summed E-state index contributed by atoms with van der Waals surface area (Å²) in [7, 11) is 1.66. The molecule has 3 aromatic rings. The lowest BCUT2D eigenvalue weighted by molar-refractivity contribution is 0.415. The van der Waals surface area contributed by atoms with Crippen LogP contribution in [0, 0.1) is 0 Å². The number of fused-ring (bicyclic) bond motifs is 1. The Morgan fingerprint density at radius 3 is 2.65 bits per heavy atom. The highest BCUT2D eigenvalue weighted by atomic mass is 16.5. The van der Waals surface area contributed by atoms with Gasteiger partial charge >= 0.3 is 0 Å². The Morgan fingerprint density at radius 1 is 1.20 bits per heavy atom. The Labute approximate surface area is 117 Å². The molecule has 0 aliphatic carbocycles. The monoisotopic (exact) mass is 265 g/mol. The van der Waals surface area contributed by atoms with Gasteiger partial charge in [0.2, 0.25) is 0 Å². The summed E-state index contributed by atoms with van der Waals surface area (Å²) in [5.41, 5.74) is 4.94. The minimum absolute atomic E-state index is 0.750. The third-order valence-corrected chi connectivity index (χ3v) is 3.26. The first-order chi connectivity index (χ1) is 9.83. The summed E-state index contributed by atoms with van der Waals surface area (Å²) in [5.74, 6) is 0.839. The van der Waals surface area contributed by atoms with Crippen LogP contribution in [0.15, 0.2) is 49.3 Å². The number of H-pyrrole nitrogens is 1. The van der Waals surface area contributed by atoms with Gasteiger partial charge < -0.3 is 9.72 Å². The largest absolute Gasteiger partial charge is 0.497 e. The van der Waals surface area contributed by atoms with Crippen molar-refractivity contribution in [3.8, 4) is 17.0 Å². The van der Waals surface area contributed by atoms with Gasteiger partial charge in [0.1, 0.15) is 11.3 Å². The molecular weight excluding hydrogens is 250 g/mol. The van der Waals surface area contributed by atoms with Crippen LogP contribution in [0.25, 0.3) is 22.4 Å². The summed E-state index contributed by atoms with van der Waals surface area (Å²) in [4.78, 5) is 12.1. The molecule has 4 heteroatoms. The van der Waals surface area contributed by atoms with Gasteiger partial charge in [0.25, 0.3) is 0 Å². The van der Waals surface area contributed by atoms with E-state index in [0.717, 1.165) is 40.2 Å². The Bertz CT molecular complexity index is 744. The summed E-state index contributed by atoms with van der Waals surface area (Å²) in [6, 6.07) is 7.94. The van der Waals surface area contributed by atoms with Gasteiger partial charge in [-0.05, 0) is 36.2 Å². The van der Waals surface area contributed by atoms with Crippen LogP contribution < -0.4 is 4.74 Å². The van der Waals surface area contributed by atoms with E-state index in [1.165, 1.54) is 0 Å². The van der Waals surface area contributed by atoms with Crippen LogP contribution in [-0.2, 0) is 6.42 Å². The smallest absolute Gasteiger partial charge is 0.156 e. The number of nitrogens with zero attached hydrogens (tertiary/aromatic N) is 2. The maximum absolute atomic E-state index is 5.19. The topological polar surface area (TPSA) is 50.8 Å². The number of hydrogen-bond donors (Lipinski definition) is 1. The molecule has 1 aromatic carbocycles. The van der Waals surface area contributed by atoms with E-state index in [-0.39, 0.29) is 0 Å². The zero-order valence-electron chi connectivity index (χ0n) is 11.3. The van der Waals surface area contributed by atoms with Crippen LogP contribution in [0.3, 0.4) is 0 Å². The first-order valence-corrected chi connectivity index (χ1v) is 6.40. The normalized spacial score (nSPS) is 10.7. The fraction of sp³-hybridized carbons (Fsp3) is 0.125. The van der Waals surface area contributed by atoms with Crippen LogP contribution in [0.2, 0.25) is 0 Å². The van der Waals surface area contributed by atoms with Crippen LogP contribution in [0.4, 0.5) is 0 Å². The molecular formula is C16H15N3O. The molecule has 0 fully saturated rings. The molecule has 100 valence electrons. The summed E-state index contributed by atoms with van der Waals surface area (Å²) in [6.45, 7) is 3.82. The van der Waals surface area contributed by atoms with Crippen molar-refractivity contribution in [1.29, 1.82) is 0 Å². The molecule has 2 aromatic heterocycles.